The van der Waals surface area contributed by atoms with Crippen molar-refractivity contribution in [3.8, 4) is 0 Å². The van der Waals surface area contributed by atoms with Gasteiger partial charge < -0.3 is 14.8 Å². The molecule has 34 heavy (non-hydrogen) atoms. The molecule has 0 N–H and O–H groups in total. The molecule has 0 saturated carbocycles. The van der Waals surface area contributed by atoms with Crippen molar-refractivity contribution < 1.29 is 24.1 Å². The highest BCUT2D eigenvalue weighted by atomic mass is 16.5. The van der Waals surface area contributed by atoms with Gasteiger partial charge in [-0.3, -0.25) is 14.5 Å². The molecule has 1 aliphatic carbocycles. The number of rotatable bonds is 5. The third kappa shape index (κ3) is 3.71. The number of fused-ring (bicyclic) bond motifs is 2. The molecule has 5 rings (SSSR count). The molecule has 1 aliphatic heterocycles. The van der Waals surface area contributed by atoms with E-state index >= 15 is 0 Å². The number of hydrogen-bond acceptors (Lipinski definition) is 8. The minimum atomic E-state index is -0.402. The van der Waals surface area contributed by atoms with Crippen molar-refractivity contribution in [2.75, 3.05) is 44.7 Å². The van der Waals surface area contributed by atoms with Crippen molar-refractivity contribution in [3.63, 3.8) is 0 Å². The van der Waals surface area contributed by atoms with Gasteiger partial charge in [0, 0.05) is 59.6 Å². The quantitative estimate of drug-likeness (QED) is 0.245. The Morgan fingerprint density at radius 1 is 0.971 bits per heavy atom. The zero-order valence-corrected chi connectivity index (χ0v) is 18.6. The van der Waals surface area contributed by atoms with E-state index in [0.717, 1.165) is 31.9 Å². The Hall–Kier alpha value is -4.05. The third-order valence-electron chi connectivity index (χ3n) is 6.37. The van der Waals surface area contributed by atoms with Gasteiger partial charge in [-0.2, -0.15) is 0 Å². The Morgan fingerprint density at radius 2 is 1.62 bits per heavy atom. The van der Waals surface area contributed by atoms with E-state index in [1.807, 2.05) is 12.1 Å². The van der Waals surface area contributed by atoms with E-state index in [2.05, 4.69) is 14.9 Å². The first-order valence-electron chi connectivity index (χ1n) is 11.0. The minimum Gasteiger partial charge on any atom is -0.571 e. The van der Waals surface area contributed by atoms with E-state index in [9.17, 15) is 19.6 Å². The Morgan fingerprint density at radius 3 is 2.26 bits per heavy atom. The maximum Gasteiger partial charge on any atom is 0.337 e. The number of carbonyl (C=O) groups excluding carboxylic acids is 3. The van der Waals surface area contributed by atoms with Crippen molar-refractivity contribution in [2.45, 2.75) is 6.54 Å². The summed E-state index contributed by atoms with van der Waals surface area (Å²) in [5.74, 6) is -1.12. The first-order chi connectivity index (χ1) is 16.5. The standard InChI is InChI=1S/C24H23N5O5/c1-34-24(32)16-6-8-17(9-7-16)27-13-10-26(11-14-27)12-15-28-21-20(25-29(28)33)22(30)18-4-2-3-5-19(18)23(21)31/h2-9H,10-15H2,1H3. The lowest BCUT2D eigenvalue weighted by Gasteiger charge is -2.36. The summed E-state index contributed by atoms with van der Waals surface area (Å²) in [6.07, 6.45) is 0. The van der Waals surface area contributed by atoms with Crippen molar-refractivity contribution in [1.29, 1.82) is 0 Å². The number of methoxy groups -OCH3 is 1. The molecule has 2 heterocycles. The Bertz CT molecular complexity index is 1280. The average molecular weight is 461 g/mol. The molecule has 0 radical (unpaired) electrons. The molecule has 3 aromatic rings. The van der Waals surface area contributed by atoms with E-state index < -0.39 is 5.78 Å². The molecule has 2 aliphatic rings. The van der Waals surface area contributed by atoms with Gasteiger partial charge in [0.2, 0.25) is 17.3 Å². The lowest BCUT2D eigenvalue weighted by Crippen LogP contribution is -2.49. The predicted octanol–water partition coefficient (Wildman–Crippen LogP) is 0.901. The molecule has 10 heteroatoms. The van der Waals surface area contributed by atoms with E-state index in [1.54, 1.807) is 36.4 Å². The van der Waals surface area contributed by atoms with Crippen molar-refractivity contribution in [2.24, 2.45) is 0 Å². The van der Waals surface area contributed by atoms with E-state index in [1.165, 1.54) is 11.8 Å². The fourth-order valence-corrected chi connectivity index (χ4v) is 4.50. The maximum absolute atomic E-state index is 13.0. The van der Waals surface area contributed by atoms with Gasteiger partial charge in [-0.25, -0.2) is 4.79 Å². The molecule has 1 fully saturated rings. The summed E-state index contributed by atoms with van der Waals surface area (Å²) in [6, 6.07) is 13.9. The summed E-state index contributed by atoms with van der Waals surface area (Å²) < 4.78 is 5.99. The van der Waals surface area contributed by atoms with E-state index in [4.69, 9.17) is 4.74 Å². The van der Waals surface area contributed by atoms with Crippen LogP contribution in [0, 0.1) is 5.21 Å². The molecule has 0 atom stereocenters. The predicted molar refractivity (Wildman–Crippen MR) is 121 cm³/mol. The number of nitrogens with zero attached hydrogens (tertiary/aromatic N) is 5. The molecule has 2 aromatic carbocycles. The van der Waals surface area contributed by atoms with E-state index in [-0.39, 0.29) is 35.2 Å². The minimum absolute atomic E-state index is 0.0584. The number of ether oxygens (including phenoxy) is 1. The number of ketones is 2. The first-order valence-corrected chi connectivity index (χ1v) is 11.0. The molecule has 0 unspecified atom stereocenters. The fourth-order valence-electron chi connectivity index (χ4n) is 4.50. The average Bonchev–Trinajstić information content (AvgIpc) is 3.22. The lowest BCUT2D eigenvalue weighted by atomic mass is 9.90. The molecule has 174 valence electrons. The number of aromatic nitrogens is 3. The van der Waals surface area contributed by atoms with Gasteiger partial charge in [0.1, 0.15) is 0 Å². The van der Waals surface area contributed by atoms with Crippen LogP contribution in [0.2, 0.25) is 0 Å². The van der Waals surface area contributed by atoms with Crippen LogP contribution in [0.25, 0.3) is 0 Å². The molecule has 1 aromatic heterocycles. The van der Waals surface area contributed by atoms with Crippen molar-refractivity contribution >= 4 is 23.2 Å². The van der Waals surface area contributed by atoms with Crippen LogP contribution in [0.15, 0.2) is 48.5 Å². The monoisotopic (exact) mass is 461 g/mol. The number of esters is 1. The Balaban J connectivity index is 1.24. The molecular weight excluding hydrogens is 438 g/mol. The maximum atomic E-state index is 13.0. The third-order valence-corrected chi connectivity index (χ3v) is 6.37. The number of piperazine rings is 1. The zero-order valence-electron chi connectivity index (χ0n) is 18.6. The van der Waals surface area contributed by atoms with Crippen LogP contribution in [0.5, 0.6) is 0 Å². The molecule has 0 spiro atoms. The Kier molecular flexibility index (Phi) is 5.58. The summed E-state index contributed by atoms with van der Waals surface area (Å²) in [5, 5.41) is 16.3. The second-order valence-electron chi connectivity index (χ2n) is 8.24. The van der Waals surface area contributed by atoms with Gasteiger partial charge >= 0.3 is 5.97 Å². The smallest absolute Gasteiger partial charge is 0.337 e. The molecule has 0 bridgehead atoms. The van der Waals surface area contributed by atoms with Crippen LogP contribution in [0.3, 0.4) is 0 Å². The number of carbonyl (C=O) groups is 3. The highest BCUT2D eigenvalue weighted by Crippen LogP contribution is 2.25. The van der Waals surface area contributed by atoms with Gasteiger partial charge in [-0.1, -0.05) is 24.3 Å². The second-order valence-corrected chi connectivity index (χ2v) is 8.24. The van der Waals surface area contributed by atoms with Crippen LogP contribution in [0.1, 0.15) is 42.5 Å². The van der Waals surface area contributed by atoms with Gasteiger partial charge in [0.15, 0.2) is 5.69 Å². The van der Waals surface area contributed by atoms with Gasteiger partial charge in [0.25, 0.3) is 0 Å². The summed E-state index contributed by atoms with van der Waals surface area (Å²) >= 11 is 0. The highest BCUT2D eigenvalue weighted by molar-refractivity contribution is 6.26. The summed E-state index contributed by atoms with van der Waals surface area (Å²) in [5.41, 5.74) is 2.09. The van der Waals surface area contributed by atoms with Gasteiger partial charge in [-0.05, 0) is 24.3 Å². The van der Waals surface area contributed by atoms with Crippen LogP contribution in [-0.4, -0.2) is 72.0 Å². The van der Waals surface area contributed by atoms with Gasteiger partial charge in [-0.15, -0.1) is 4.68 Å². The summed E-state index contributed by atoms with van der Waals surface area (Å²) in [4.78, 5) is 42.2. The highest BCUT2D eigenvalue weighted by Gasteiger charge is 2.39. The van der Waals surface area contributed by atoms with E-state index in [0.29, 0.717) is 22.6 Å². The normalized spacial score (nSPS) is 15.7. The topological polar surface area (TPSA) is 112 Å². The van der Waals surface area contributed by atoms with Crippen LogP contribution in [0.4, 0.5) is 5.69 Å². The number of anilines is 1. The first kappa shape index (κ1) is 21.8. The largest absolute Gasteiger partial charge is 0.571 e. The summed E-state index contributed by atoms with van der Waals surface area (Å²) in [6.45, 7) is 3.89. The molecule has 10 nitrogen and oxygen atoms in total. The number of benzene rings is 2. The van der Waals surface area contributed by atoms with Crippen LogP contribution in [-0.2, 0) is 11.3 Å². The van der Waals surface area contributed by atoms with Crippen LogP contribution >= 0.6 is 0 Å². The van der Waals surface area contributed by atoms with Crippen LogP contribution < -0.4 is 9.86 Å². The Labute approximate surface area is 195 Å². The molecular formula is C24H23N5O5. The number of hydrogen-bond donors (Lipinski definition) is 0. The second kappa shape index (κ2) is 8.71. The van der Waals surface area contributed by atoms with Gasteiger partial charge in [0.05, 0.1) is 19.2 Å². The molecule has 0 amide bonds. The lowest BCUT2D eigenvalue weighted by molar-refractivity contribution is -0.749. The zero-order chi connectivity index (χ0) is 23.8. The summed E-state index contributed by atoms with van der Waals surface area (Å²) in [7, 11) is 1.36. The molecule has 1 saturated heterocycles. The fraction of sp³-hybridized carbons (Fsp3) is 0.292. The SMILES string of the molecule is COC(=O)c1ccc(N2CCN(CCn3c4c(n[n+]3[O-])C(=O)c3ccccc3C4=O)CC2)cc1. The van der Waals surface area contributed by atoms with Crippen molar-refractivity contribution in [3.05, 3.63) is 81.8 Å². The van der Waals surface area contributed by atoms with Crippen molar-refractivity contribution in [1.82, 2.24) is 14.7 Å².